The minimum absolute atomic E-state index is 0.0575. The van der Waals surface area contributed by atoms with Gasteiger partial charge < -0.3 is 13.9 Å². The lowest BCUT2D eigenvalue weighted by Crippen LogP contribution is -1.96. The van der Waals surface area contributed by atoms with Crippen LogP contribution in [0.1, 0.15) is 11.7 Å². The minimum atomic E-state index is -1.23. The molecule has 27 heavy (non-hydrogen) atoms. The van der Waals surface area contributed by atoms with Crippen molar-refractivity contribution in [1.82, 2.24) is 10.2 Å². The van der Waals surface area contributed by atoms with E-state index < -0.39 is 22.4 Å². The zero-order valence-electron chi connectivity index (χ0n) is 13.6. The van der Waals surface area contributed by atoms with E-state index >= 15 is 0 Å². The molecule has 1 aromatic carbocycles. The summed E-state index contributed by atoms with van der Waals surface area (Å²) < 4.78 is 24.1. The highest BCUT2D eigenvalue weighted by atomic mass is 32.2. The van der Waals surface area contributed by atoms with Gasteiger partial charge in [-0.1, -0.05) is 0 Å². The molecule has 0 spiro atoms. The van der Waals surface area contributed by atoms with Crippen LogP contribution in [0, 0.1) is 22.9 Å². The molecule has 0 saturated carbocycles. The van der Waals surface area contributed by atoms with Crippen LogP contribution in [-0.2, 0) is 4.79 Å². The van der Waals surface area contributed by atoms with Crippen LogP contribution < -0.4 is 0 Å². The lowest BCUT2D eigenvalue weighted by molar-refractivity contribution is -0.387. The molecule has 3 aromatic rings. The predicted molar refractivity (Wildman–Crippen MR) is 91.3 cm³/mol. The summed E-state index contributed by atoms with van der Waals surface area (Å²) in [7, 11) is 0. The number of hydrogen-bond donors (Lipinski definition) is 1. The number of aromatic nitrogens is 2. The summed E-state index contributed by atoms with van der Waals surface area (Å²) in [6.07, 6.45) is 1.24. The third kappa shape index (κ3) is 4.20. The second kappa shape index (κ2) is 7.41. The highest BCUT2D eigenvalue weighted by Crippen LogP contribution is 2.31. The Hall–Kier alpha value is -3.47. The van der Waals surface area contributed by atoms with Gasteiger partial charge >= 0.3 is 11.7 Å². The molecule has 11 heteroatoms. The fourth-order valence-corrected chi connectivity index (χ4v) is 2.76. The second-order valence-electron chi connectivity index (χ2n) is 5.13. The maximum Gasteiger partial charge on any atom is 0.342 e. The molecule has 0 aliphatic rings. The van der Waals surface area contributed by atoms with Crippen LogP contribution in [0.25, 0.3) is 17.4 Å². The van der Waals surface area contributed by atoms with E-state index in [9.17, 15) is 24.4 Å². The van der Waals surface area contributed by atoms with Crippen molar-refractivity contribution in [2.24, 2.45) is 0 Å². The number of hydrogen-bond acceptors (Lipinski definition) is 8. The van der Waals surface area contributed by atoms with Crippen LogP contribution >= 0.6 is 11.8 Å². The number of thioether (sulfide) groups is 1. The van der Waals surface area contributed by atoms with Crippen LogP contribution in [0.5, 0.6) is 0 Å². The van der Waals surface area contributed by atoms with E-state index in [1.807, 2.05) is 0 Å². The van der Waals surface area contributed by atoms with E-state index in [4.69, 9.17) is 8.83 Å². The first-order valence-electron chi connectivity index (χ1n) is 7.30. The summed E-state index contributed by atoms with van der Waals surface area (Å²) in [5.41, 5.74) is -0.408. The molecule has 138 valence electrons. The molecule has 0 aliphatic heterocycles. The second-order valence-corrected chi connectivity index (χ2v) is 6.12. The number of aliphatic carboxylic acids is 1. The van der Waals surface area contributed by atoms with Gasteiger partial charge in [-0.05, 0) is 36.0 Å². The quantitative estimate of drug-likeness (QED) is 0.287. The average molecular weight is 391 g/mol. The van der Waals surface area contributed by atoms with Crippen LogP contribution in [0.2, 0.25) is 0 Å². The summed E-state index contributed by atoms with van der Waals surface area (Å²) in [6.45, 7) is 1.57. The van der Waals surface area contributed by atoms with Gasteiger partial charge in [0.2, 0.25) is 11.7 Å². The molecular formula is C16H10FN3O6S. The molecule has 9 nitrogen and oxygen atoms in total. The number of nitro groups is 1. The van der Waals surface area contributed by atoms with Gasteiger partial charge in [-0.3, -0.25) is 10.1 Å². The molecule has 0 atom stereocenters. The van der Waals surface area contributed by atoms with E-state index in [1.54, 1.807) is 6.92 Å². The lowest BCUT2D eigenvalue weighted by atomic mass is 10.1. The smallest absolute Gasteiger partial charge is 0.342 e. The standard InChI is InChI=1S/C16H10FN3O6S/c1-8-18-19-16(25-8)27-14(15(21)22)7-10-3-5-13(26-10)9-2-4-11(17)12(6-9)20(23)24/h2-7H,1H3,(H,21,22)/b14-7-. The number of benzene rings is 1. The molecule has 1 N–H and O–H groups in total. The summed E-state index contributed by atoms with van der Waals surface area (Å²) in [4.78, 5) is 21.3. The number of rotatable bonds is 6. The van der Waals surface area contributed by atoms with Crippen LogP contribution in [0.15, 0.2) is 49.3 Å². The number of nitro benzene ring substituents is 1. The van der Waals surface area contributed by atoms with Gasteiger partial charge in [0.05, 0.1) is 4.92 Å². The van der Waals surface area contributed by atoms with Gasteiger partial charge in [0.1, 0.15) is 16.4 Å². The predicted octanol–water partition coefficient (Wildman–Crippen LogP) is 3.90. The molecule has 0 saturated heterocycles. The highest BCUT2D eigenvalue weighted by molar-refractivity contribution is 8.03. The number of carbonyl (C=O) groups is 1. The van der Waals surface area contributed by atoms with Crippen LogP contribution in [-0.4, -0.2) is 26.2 Å². The van der Waals surface area contributed by atoms with Crippen molar-refractivity contribution in [3.63, 3.8) is 0 Å². The average Bonchev–Trinajstić information content (AvgIpc) is 3.23. The molecule has 2 heterocycles. The van der Waals surface area contributed by atoms with E-state index in [1.165, 1.54) is 24.3 Å². The molecule has 0 radical (unpaired) electrons. The van der Waals surface area contributed by atoms with E-state index in [2.05, 4.69) is 10.2 Å². The van der Waals surface area contributed by atoms with Gasteiger partial charge in [0.15, 0.2) is 0 Å². The largest absolute Gasteiger partial charge is 0.477 e. The molecule has 2 aromatic heterocycles. The Morgan fingerprint density at radius 1 is 1.30 bits per heavy atom. The highest BCUT2D eigenvalue weighted by Gasteiger charge is 2.18. The Morgan fingerprint density at radius 3 is 2.70 bits per heavy atom. The topological polar surface area (TPSA) is 132 Å². The van der Waals surface area contributed by atoms with Crippen molar-refractivity contribution in [1.29, 1.82) is 0 Å². The number of halogens is 1. The fourth-order valence-electron chi connectivity index (χ4n) is 2.07. The normalized spacial score (nSPS) is 11.6. The molecular weight excluding hydrogens is 381 g/mol. The van der Waals surface area contributed by atoms with E-state index in [-0.39, 0.29) is 27.2 Å². The maximum absolute atomic E-state index is 13.4. The SMILES string of the molecule is Cc1nnc(S/C(=C\c2ccc(-c3ccc(F)c([N+](=O)[O-])c3)o2)C(=O)O)o1. The van der Waals surface area contributed by atoms with Crippen LogP contribution in [0.3, 0.4) is 0 Å². The Kier molecular flexibility index (Phi) is 5.03. The first kappa shape index (κ1) is 18.3. The zero-order chi connectivity index (χ0) is 19.6. The Labute approximate surface area is 154 Å². The monoisotopic (exact) mass is 391 g/mol. The maximum atomic E-state index is 13.4. The molecule has 3 rings (SSSR count). The summed E-state index contributed by atoms with van der Waals surface area (Å²) >= 11 is 0.748. The number of nitrogens with zero attached hydrogens (tertiary/aromatic N) is 3. The van der Waals surface area contributed by atoms with Gasteiger partial charge in [-0.2, -0.15) is 4.39 Å². The molecule has 0 unspecified atom stereocenters. The number of carboxylic acid groups (broad SMARTS) is 1. The summed E-state index contributed by atoms with van der Waals surface area (Å²) in [5.74, 6) is -1.51. The summed E-state index contributed by atoms with van der Waals surface area (Å²) in [5, 5.41) is 27.5. The van der Waals surface area contributed by atoms with Gasteiger partial charge in [-0.15, -0.1) is 10.2 Å². The van der Waals surface area contributed by atoms with Crippen molar-refractivity contribution in [3.05, 3.63) is 62.8 Å². The van der Waals surface area contributed by atoms with E-state index in [0.717, 1.165) is 23.9 Å². The zero-order valence-corrected chi connectivity index (χ0v) is 14.4. The van der Waals surface area contributed by atoms with Crippen molar-refractivity contribution in [2.75, 3.05) is 0 Å². The number of carboxylic acids is 1. The van der Waals surface area contributed by atoms with Gasteiger partial charge in [0, 0.05) is 24.6 Å². The number of furan rings is 1. The first-order valence-corrected chi connectivity index (χ1v) is 8.12. The minimum Gasteiger partial charge on any atom is -0.477 e. The Balaban J connectivity index is 1.89. The third-order valence-electron chi connectivity index (χ3n) is 3.24. The van der Waals surface area contributed by atoms with Crippen molar-refractivity contribution >= 4 is 29.5 Å². The fraction of sp³-hybridized carbons (Fsp3) is 0.0625. The van der Waals surface area contributed by atoms with Gasteiger partial charge in [0.25, 0.3) is 5.22 Å². The molecule has 0 bridgehead atoms. The first-order chi connectivity index (χ1) is 12.8. The van der Waals surface area contributed by atoms with Crippen LogP contribution in [0.4, 0.5) is 10.1 Å². The Bertz CT molecular complexity index is 1060. The third-order valence-corrected chi connectivity index (χ3v) is 4.10. The summed E-state index contributed by atoms with van der Waals surface area (Å²) in [6, 6.07) is 6.29. The molecule has 0 aliphatic carbocycles. The lowest BCUT2D eigenvalue weighted by Gasteiger charge is -1.99. The van der Waals surface area contributed by atoms with Gasteiger partial charge in [-0.25, -0.2) is 4.79 Å². The molecule has 0 fully saturated rings. The van der Waals surface area contributed by atoms with Crippen molar-refractivity contribution in [2.45, 2.75) is 12.1 Å². The van der Waals surface area contributed by atoms with Crippen molar-refractivity contribution in [3.8, 4) is 11.3 Å². The Morgan fingerprint density at radius 2 is 2.07 bits per heavy atom. The van der Waals surface area contributed by atoms with Crippen molar-refractivity contribution < 1.29 is 28.0 Å². The molecule has 0 amide bonds. The van der Waals surface area contributed by atoms with E-state index in [0.29, 0.717) is 5.89 Å². The number of aryl methyl sites for hydroxylation is 1.